The van der Waals surface area contributed by atoms with Crippen molar-refractivity contribution in [2.45, 2.75) is 39.5 Å². The number of nitrogens with zero attached hydrogens (tertiary/aromatic N) is 1. The van der Waals surface area contributed by atoms with Gasteiger partial charge in [0.15, 0.2) is 0 Å². The summed E-state index contributed by atoms with van der Waals surface area (Å²) < 4.78 is 0. The Morgan fingerprint density at radius 1 is 1.55 bits per heavy atom. The molecule has 0 fully saturated rings. The molecule has 1 aliphatic rings. The van der Waals surface area contributed by atoms with Gasteiger partial charge in [0.05, 0.1) is 11.6 Å². The van der Waals surface area contributed by atoms with Gasteiger partial charge in [-0.15, -0.1) is 0 Å². The van der Waals surface area contributed by atoms with Gasteiger partial charge in [0, 0.05) is 0 Å². The van der Waals surface area contributed by atoms with Crippen LogP contribution in [0.4, 0.5) is 0 Å². The molecular weight excluding hydrogens is 268 g/mol. The molecule has 1 N–H and O–H groups in total. The Bertz CT molecular complexity index is 579. The van der Waals surface area contributed by atoms with Crippen molar-refractivity contribution in [1.29, 1.82) is 5.26 Å². The average molecular weight is 294 g/mol. The lowest BCUT2D eigenvalue weighted by molar-refractivity contribution is 0.604. The molecule has 1 aliphatic carbocycles. The number of hydrogen-bond acceptors (Lipinski definition) is 2. The minimum Gasteiger partial charge on any atom is -0.369 e. The standard InChI is InChI=1S/C20H26N2/c1-6-15(3)20-17(5)12-18(13-19(20)14-21)16(4)10-8-9-11-22-7-2/h7,9,11,13,16,22H,2-3,5-6,8,10,12H2,1,4H3/b11-9+. The summed E-state index contributed by atoms with van der Waals surface area (Å²) in [6.07, 6.45) is 11.4. The second-order valence-corrected chi connectivity index (χ2v) is 5.61. The fraction of sp³-hybridized carbons (Fsp3) is 0.350. The molecule has 1 unspecified atom stereocenters. The summed E-state index contributed by atoms with van der Waals surface area (Å²) in [6.45, 7) is 16.1. The van der Waals surface area contributed by atoms with Crippen molar-refractivity contribution >= 4 is 0 Å². The molecule has 0 aromatic heterocycles. The second kappa shape index (κ2) is 8.89. The zero-order valence-electron chi connectivity index (χ0n) is 13.8. The van der Waals surface area contributed by atoms with E-state index in [9.17, 15) is 5.26 Å². The van der Waals surface area contributed by atoms with Crippen LogP contribution in [-0.4, -0.2) is 0 Å². The maximum Gasteiger partial charge on any atom is 0.0998 e. The predicted octanol–water partition coefficient (Wildman–Crippen LogP) is 5.32. The molecular formula is C20H26N2. The van der Waals surface area contributed by atoms with Gasteiger partial charge in [0.1, 0.15) is 0 Å². The van der Waals surface area contributed by atoms with Gasteiger partial charge >= 0.3 is 0 Å². The van der Waals surface area contributed by atoms with Crippen LogP contribution < -0.4 is 5.32 Å². The van der Waals surface area contributed by atoms with E-state index in [0.717, 1.165) is 42.4 Å². The molecule has 1 atom stereocenters. The van der Waals surface area contributed by atoms with Gasteiger partial charge in [-0.05, 0) is 66.8 Å². The molecule has 116 valence electrons. The maximum absolute atomic E-state index is 9.43. The highest BCUT2D eigenvalue weighted by Gasteiger charge is 2.21. The SMILES string of the molecule is C=CN/C=C/CCC(C)C1=CC(C#N)=C(C(=C)CC)C(=C)C1. The summed E-state index contributed by atoms with van der Waals surface area (Å²) in [6, 6.07) is 2.32. The topological polar surface area (TPSA) is 35.8 Å². The van der Waals surface area contributed by atoms with Gasteiger partial charge in [0.2, 0.25) is 0 Å². The predicted molar refractivity (Wildman–Crippen MR) is 94.8 cm³/mol. The summed E-state index contributed by atoms with van der Waals surface area (Å²) in [4.78, 5) is 0. The Labute approximate surface area is 134 Å². The third-order valence-electron chi connectivity index (χ3n) is 4.00. The lowest BCUT2D eigenvalue weighted by Gasteiger charge is -2.24. The number of nitrogens with one attached hydrogen (secondary N) is 1. The van der Waals surface area contributed by atoms with Crippen molar-refractivity contribution in [3.05, 3.63) is 72.2 Å². The van der Waals surface area contributed by atoms with Gasteiger partial charge in [-0.3, -0.25) is 0 Å². The highest BCUT2D eigenvalue weighted by Crippen LogP contribution is 2.36. The molecule has 2 heteroatoms. The fourth-order valence-corrected chi connectivity index (χ4v) is 2.61. The first-order chi connectivity index (χ1) is 10.5. The van der Waals surface area contributed by atoms with Gasteiger partial charge in [-0.25, -0.2) is 0 Å². The van der Waals surface area contributed by atoms with Crippen LogP contribution in [0.15, 0.2) is 72.2 Å². The van der Waals surface area contributed by atoms with E-state index in [2.05, 4.69) is 51.0 Å². The van der Waals surface area contributed by atoms with E-state index in [1.807, 2.05) is 12.3 Å². The van der Waals surface area contributed by atoms with Crippen molar-refractivity contribution in [2.24, 2.45) is 5.92 Å². The molecule has 0 radical (unpaired) electrons. The number of rotatable bonds is 8. The monoisotopic (exact) mass is 294 g/mol. The van der Waals surface area contributed by atoms with Crippen LogP contribution in [0.25, 0.3) is 0 Å². The van der Waals surface area contributed by atoms with E-state index in [4.69, 9.17) is 0 Å². The Morgan fingerprint density at radius 3 is 2.86 bits per heavy atom. The third kappa shape index (κ3) is 4.63. The van der Waals surface area contributed by atoms with Crippen LogP contribution in [0.5, 0.6) is 0 Å². The summed E-state index contributed by atoms with van der Waals surface area (Å²) in [5.41, 5.74) is 5.00. The van der Waals surface area contributed by atoms with E-state index in [-0.39, 0.29) is 0 Å². The number of hydrogen-bond donors (Lipinski definition) is 1. The van der Waals surface area contributed by atoms with Crippen LogP contribution in [0.1, 0.15) is 39.5 Å². The highest BCUT2D eigenvalue weighted by atomic mass is 14.8. The van der Waals surface area contributed by atoms with Crippen LogP contribution in [0.2, 0.25) is 0 Å². The Kier molecular flexibility index (Phi) is 7.19. The fourth-order valence-electron chi connectivity index (χ4n) is 2.61. The van der Waals surface area contributed by atoms with Crippen molar-refractivity contribution in [2.75, 3.05) is 0 Å². The van der Waals surface area contributed by atoms with Crippen molar-refractivity contribution in [1.82, 2.24) is 5.32 Å². The Balaban J connectivity index is 2.84. The number of nitriles is 1. The van der Waals surface area contributed by atoms with Crippen molar-refractivity contribution < 1.29 is 0 Å². The number of allylic oxidation sites excluding steroid dienone is 7. The van der Waals surface area contributed by atoms with Crippen molar-refractivity contribution in [3.63, 3.8) is 0 Å². The van der Waals surface area contributed by atoms with Crippen LogP contribution in [-0.2, 0) is 0 Å². The normalized spacial score (nSPS) is 16.2. The Hall–Kier alpha value is -2.27. The van der Waals surface area contributed by atoms with Gasteiger partial charge in [-0.2, -0.15) is 5.26 Å². The third-order valence-corrected chi connectivity index (χ3v) is 4.00. The first kappa shape index (κ1) is 17.8. The highest BCUT2D eigenvalue weighted by molar-refractivity contribution is 5.60. The van der Waals surface area contributed by atoms with E-state index in [1.54, 1.807) is 6.20 Å². The molecule has 1 rings (SSSR count). The zero-order valence-corrected chi connectivity index (χ0v) is 13.8. The van der Waals surface area contributed by atoms with Crippen LogP contribution >= 0.6 is 0 Å². The zero-order chi connectivity index (χ0) is 16.5. The van der Waals surface area contributed by atoms with E-state index >= 15 is 0 Å². The Morgan fingerprint density at radius 2 is 2.27 bits per heavy atom. The molecule has 0 aromatic carbocycles. The molecule has 0 saturated heterocycles. The first-order valence-corrected chi connectivity index (χ1v) is 7.78. The largest absolute Gasteiger partial charge is 0.369 e. The van der Waals surface area contributed by atoms with Gasteiger partial charge in [-0.1, -0.05) is 45.2 Å². The van der Waals surface area contributed by atoms with E-state index in [1.165, 1.54) is 5.57 Å². The summed E-state index contributed by atoms with van der Waals surface area (Å²) in [5, 5.41) is 12.4. The molecule has 2 nitrogen and oxygen atoms in total. The van der Waals surface area contributed by atoms with E-state index < -0.39 is 0 Å². The molecule has 0 spiro atoms. The second-order valence-electron chi connectivity index (χ2n) is 5.61. The summed E-state index contributed by atoms with van der Waals surface area (Å²) in [7, 11) is 0. The first-order valence-electron chi connectivity index (χ1n) is 7.78. The lowest BCUT2D eigenvalue weighted by atomic mass is 9.80. The smallest absolute Gasteiger partial charge is 0.0998 e. The molecule has 0 heterocycles. The lowest BCUT2D eigenvalue weighted by Crippen LogP contribution is -2.09. The maximum atomic E-state index is 9.43. The van der Waals surface area contributed by atoms with Crippen LogP contribution in [0.3, 0.4) is 0 Å². The summed E-state index contributed by atoms with van der Waals surface area (Å²) in [5.74, 6) is 0.435. The van der Waals surface area contributed by atoms with Gasteiger partial charge in [0.25, 0.3) is 0 Å². The molecule has 0 bridgehead atoms. The molecule has 0 saturated carbocycles. The molecule has 22 heavy (non-hydrogen) atoms. The minimum atomic E-state index is 0.435. The average Bonchev–Trinajstić information content (AvgIpc) is 2.52. The van der Waals surface area contributed by atoms with Crippen molar-refractivity contribution in [3.8, 4) is 6.07 Å². The summed E-state index contributed by atoms with van der Waals surface area (Å²) >= 11 is 0. The molecule has 0 aromatic rings. The molecule has 0 aliphatic heterocycles. The minimum absolute atomic E-state index is 0.435. The molecule has 0 amide bonds. The van der Waals surface area contributed by atoms with Crippen LogP contribution in [0, 0.1) is 17.2 Å². The van der Waals surface area contributed by atoms with E-state index in [0.29, 0.717) is 11.5 Å². The quantitative estimate of drug-likeness (QED) is 0.657. The van der Waals surface area contributed by atoms with Gasteiger partial charge < -0.3 is 5.32 Å².